The third-order valence-electron chi connectivity index (χ3n) is 2.78. The van der Waals surface area contributed by atoms with E-state index in [1.165, 1.54) is 15.3 Å². The average molecular weight is 260 g/mol. The topological polar surface area (TPSA) is 24.9 Å². The molecule has 2 rings (SSSR count). The van der Waals surface area contributed by atoms with Crippen LogP contribution in [0.5, 0.6) is 0 Å². The van der Waals surface area contributed by atoms with Gasteiger partial charge in [-0.1, -0.05) is 20.8 Å². The van der Waals surface area contributed by atoms with Gasteiger partial charge in [0.1, 0.15) is 0 Å². The van der Waals surface area contributed by atoms with Crippen molar-refractivity contribution in [3.8, 4) is 0 Å². The van der Waals surface area contributed by atoms with Gasteiger partial charge in [-0.3, -0.25) is 4.98 Å². The molecule has 2 heterocycles. The standard InChI is InChI=1S/C15H20N2S/c1-15(2,3)14-5-4-13(18-14)11-17-10-12-6-8-16-9-7-12/h4-9,17H,10-11H2,1-3H3. The molecule has 0 unspecified atom stereocenters. The van der Waals surface area contributed by atoms with Gasteiger partial charge in [-0.05, 0) is 35.2 Å². The van der Waals surface area contributed by atoms with Gasteiger partial charge in [-0.2, -0.15) is 0 Å². The maximum absolute atomic E-state index is 4.02. The number of hydrogen-bond donors (Lipinski definition) is 1. The summed E-state index contributed by atoms with van der Waals surface area (Å²) in [6.07, 6.45) is 3.67. The predicted octanol–water partition coefficient (Wildman–Crippen LogP) is 3.73. The molecule has 0 atom stereocenters. The first-order chi connectivity index (χ1) is 8.55. The lowest BCUT2D eigenvalue weighted by Gasteiger charge is -2.15. The van der Waals surface area contributed by atoms with E-state index in [4.69, 9.17) is 0 Å². The third-order valence-corrected chi connectivity index (χ3v) is 4.29. The SMILES string of the molecule is CC(C)(C)c1ccc(CNCc2ccncc2)s1. The lowest BCUT2D eigenvalue weighted by atomic mass is 9.95. The lowest BCUT2D eigenvalue weighted by Crippen LogP contribution is -2.11. The largest absolute Gasteiger partial charge is 0.308 e. The van der Waals surface area contributed by atoms with Crippen LogP contribution in [-0.4, -0.2) is 4.98 Å². The molecule has 0 fully saturated rings. The highest BCUT2D eigenvalue weighted by Gasteiger charge is 2.15. The van der Waals surface area contributed by atoms with Crippen LogP contribution in [-0.2, 0) is 18.5 Å². The molecule has 0 aliphatic carbocycles. The van der Waals surface area contributed by atoms with E-state index >= 15 is 0 Å². The molecule has 2 nitrogen and oxygen atoms in total. The minimum absolute atomic E-state index is 0.258. The molecule has 0 spiro atoms. The molecule has 96 valence electrons. The van der Waals surface area contributed by atoms with Crippen molar-refractivity contribution in [1.82, 2.24) is 10.3 Å². The summed E-state index contributed by atoms with van der Waals surface area (Å²) in [6.45, 7) is 8.60. The molecular weight excluding hydrogens is 240 g/mol. The third kappa shape index (κ3) is 3.65. The van der Waals surface area contributed by atoms with Gasteiger partial charge in [-0.25, -0.2) is 0 Å². The monoisotopic (exact) mass is 260 g/mol. The van der Waals surface area contributed by atoms with E-state index in [0.29, 0.717) is 0 Å². The number of thiophene rings is 1. The number of nitrogens with one attached hydrogen (secondary N) is 1. The van der Waals surface area contributed by atoms with E-state index in [2.05, 4.69) is 43.2 Å². The molecule has 0 bridgehead atoms. The molecule has 2 aromatic rings. The van der Waals surface area contributed by atoms with Crippen molar-refractivity contribution in [2.24, 2.45) is 0 Å². The summed E-state index contributed by atoms with van der Waals surface area (Å²) in [5.74, 6) is 0. The van der Waals surface area contributed by atoms with Gasteiger partial charge >= 0.3 is 0 Å². The van der Waals surface area contributed by atoms with Crippen LogP contribution in [0.2, 0.25) is 0 Å². The summed E-state index contributed by atoms with van der Waals surface area (Å²) < 4.78 is 0. The molecule has 0 aliphatic heterocycles. The summed E-state index contributed by atoms with van der Waals surface area (Å²) in [5.41, 5.74) is 1.53. The minimum atomic E-state index is 0.258. The molecule has 3 heteroatoms. The Morgan fingerprint density at radius 3 is 2.39 bits per heavy atom. The van der Waals surface area contributed by atoms with Crippen LogP contribution >= 0.6 is 11.3 Å². The van der Waals surface area contributed by atoms with Gasteiger partial charge in [0.05, 0.1) is 0 Å². The first kappa shape index (κ1) is 13.2. The Kier molecular flexibility index (Phi) is 4.15. The van der Waals surface area contributed by atoms with Crippen molar-refractivity contribution in [2.75, 3.05) is 0 Å². The fraction of sp³-hybridized carbons (Fsp3) is 0.400. The highest BCUT2D eigenvalue weighted by atomic mass is 32.1. The van der Waals surface area contributed by atoms with Gasteiger partial charge in [0.15, 0.2) is 0 Å². The van der Waals surface area contributed by atoms with Gasteiger partial charge in [0, 0.05) is 35.2 Å². The second-order valence-corrected chi connectivity index (χ2v) is 6.64. The highest BCUT2D eigenvalue weighted by molar-refractivity contribution is 7.12. The first-order valence-electron chi connectivity index (χ1n) is 6.24. The summed E-state index contributed by atoms with van der Waals surface area (Å²) in [6, 6.07) is 8.56. The van der Waals surface area contributed by atoms with Crippen LogP contribution in [0.1, 0.15) is 36.1 Å². The van der Waals surface area contributed by atoms with Crippen molar-refractivity contribution >= 4 is 11.3 Å². The number of pyridine rings is 1. The molecule has 0 radical (unpaired) electrons. The van der Waals surface area contributed by atoms with Crippen LogP contribution in [0.15, 0.2) is 36.7 Å². The molecule has 2 aromatic heterocycles. The molecule has 0 saturated heterocycles. The fourth-order valence-corrected chi connectivity index (χ4v) is 2.74. The van der Waals surface area contributed by atoms with E-state index in [0.717, 1.165) is 13.1 Å². The van der Waals surface area contributed by atoms with Crippen LogP contribution < -0.4 is 5.32 Å². The predicted molar refractivity (Wildman–Crippen MR) is 77.8 cm³/mol. The van der Waals surface area contributed by atoms with Gasteiger partial charge in [-0.15, -0.1) is 11.3 Å². The molecule has 0 aliphatic rings. The number of aromatic nitrogens is 1. The van der Waals surface area contributed by atoms with Crippen molar-refractivity contribution in [3.05, 3.63) is 52.0 Å². The maximum atomic E-state index is 4.02. The average Bonchev–Trinajstić information content (AvgIpc) is 2.79. The highest BCUT2D eigenvalue weighted by Crippen LogP contribution is 2.29. The molecule has 18 heavy (non-hydrogen) atoms. The van der Waals surface area contributed by atoms with Crippen molar-refractivity contribution in [2.45, 2.75) is 39.3 Å². The van der Waals surface area contributed by atoms with Gasteiger partial charge in [0.2, 0.25) is 0 Å². The Bertz CT molecular complexity index is 483. The van der Waals surface area contributed by atoms with Crippen molar-refractivity contribution in [1.29, 1.82) is 0 Å². The van der Waals surface area contributed by atoms with E-state index in [1.54, 1.807) is 0 Å². The van der Waals surface area contributed by atoms with Crippen molar-refractivity contribution in [3.63, 3.8) is 0 Å². The second kappa shape index (κ2) is 5.63. The van der Waals surface area contributed by atoms with E-state index in [9.17, 15) is 0 Å². The smallest absolute Gasteiger partial charge is 0.0303 e. The Labute approximate surface area is 113 Å². The first-order valence-corrected chi connectivity index (χ1v) is 7.06. The quantitative estimate of drug-likeness (QED) is 0.906. The Morgan fingerprint density at radius 1 is 1.06 bits per heavy atom. The van der Waals surface area contributed by atoms with Gasteiger partial charge < -0.3 is 5.32 Å². The summed E-state index contributed by atoms with van der Waals surface area (Å²) in [5, 5.41) is 3.47. The molecule has 0 saturated carbocycles. The Hall–Kier alpha value is -1.19. The lowest BCUT2D eigenvalue weighted by molar-refractivity contribution is 0.604. The van der Waals surface area contributed by atoms with Crippen LogP contribution in [0.25, 0.3) is 0 Å². The molecular formula is C15H20N2S. The zero-order valence-corrected chi connectivity index (χ0v) is 12.1. The van der Waals surface area contributed by atoms with Crippen LogP contribution in [0.4, 0.5) is 0 Å². The van der Waals surface area contributed by atoms with E-state index < -0.39 is 0 Å². The molecule has 0 aromatic carbocycles. The summed E-state index contributed by atoms with van der Waals surface area (Å²) >= 11 is 1.90. The van der Waals surface area contributed by atoms with E-state index in [-0.39, 0.29) is 5.41 Å². The normalized spacial score (nSPS) is 11.7. The molecule has 1 N–H and O–H groups in total. The van der Waals surface area contributed by atoms with Crippen LogP contribution in [0.3, 0.4) is 0 Å². The van der Waals surface area contributed by atoms with Crippen molar-refractivity contribution < 1.29 is 0 Å². The van der Waals surface area contributed by atoms with Crippen LogP contribution in [0, 0.1) is 0 Å². The summed E-state index contributed by atoms with van der Waals surface area (Å²) in [4.78, 5) is 6.86. The Morgan fingerprint density at radius 2 is 1.78 bits per heavy atom. The zero-order valence-electron chi connectivity index (χ0n) is 11.2. The fourth-order valence-electron chi connectivity index (χ4n) is 1.71. The Balaban J connectivity index is 1.86. The minimum Gasteiger partial charge on any atom is -0.308 e. The number of rotatable bonds is 4. The molecule has 0 amide bonds. The zero-order chi connectivity index (χ0) is 13.0. The van der Waals surface area contributed by atoms with Gasteiger partial charge in [0.25, 0.3) is 0 Å². The summed E-state index contributed by atoms with van der Waals surface area (Å²) in [7, 11) is 0. The number of nitrogens with zero attached hydrogens (tertiary/aromatic N) is 1. The maximum Gasteiger partial charge on any atom is 0.0303 e. The van der Waals surface area contributed by atoms with E-state index in [1.807, 2.05) is 35.9 Å². The second-order valence-electron chi connectivity index (χ2n) is 5.47. The number of hydrogen-bond acceptors (Lipinski definition) is 3.